The first kappa shape index (κ1) is 13.9. The molecule has 0 saturated carbocycles. The van der Waals surface area contributed by atoms with Crippen LogP contribution in [0, 0.1) is 11.3 Å². The topological polar surface area (TPSA) is 43.4 Å². The van der Waals surface area contributed by atoms with Gasteiger partial charge in [-0.1, -0.05) is 38.8 Å². The fraction of sp³-hybridized carbons (Fsp3) is 0.714. The first-order valence-corrected chi connectivity index (χ1v) is 6.41. The molecule has 17 heavy (non-hydrogen) atoms. The summed E-state index contributed by atoms with van der Waals surface area (Å²) in [7, 11) is 1.34. The zero-order valence-corrected chi connectivity index (χ0v) is 11.0. The van der Waals surface area contributed by atoms with E-state index in [1.165, 1.54) is 7.11 Å². The predicted molar refractivity (Wildman–Crippen MR) is 66.5 cm³/mol. The van der Waals surface area contributed by atoms with Crippen molar-refractivity contribution in [2.75, 3.05) is 7.11 Å². The SMILES string of the molecule is CCCC1(CCC)C=CCC(C(=O)OC)C1=O. The Labute approximate surface area is 103 Å². The van der Waals surface area contributed by atoms with Crippen molar-refractivity contribution in [2.24, 2.45) is 11.3 Å². The van der Waals surface area contributed by atoms with Crippen LogP contribution in [0.1, 0.15) is 46.0 Å². The summed E-state index contributed by atoms with van der Waals surface area (Å²) < 4.78 is 4.72. The van der Waals surface area contributed by atoms with Gasteiger partial charge in [0.15, 0.2) is 5.78 Å². The predicted octanol–water partition coefficient (Wildman–Crippen LogP) is 2.89. The number of hydrogen-bond donors (Lipinski definition) is 0. The highest BCUT2D eigenvalue weighted by molar-refractivity contribution is 6.03. The van der Waals surface area contributed by atoms with Crippen LogP contribution in [0.4, 0.5) is 0 Å². The van der Waals surface area contributed by atoms with Gasteiger partial charge in [-0.2, -0.15) is 0 Å². The number of hydrogen-bond acceptors (Lipinski definition) is 3. The molecule has 0 aromatic rings. The van der Waals surface area contributed by atoms with Gasteiger partial charge in [-0.25, -0.2) is 0 Å². The Bertz CT molecular complexity index is 311. The van der Waals surface area contributed by atoms with Gasteiger partial charge in [0.25, 0.3) is 0 Å². The van der Waals surface area contributed by atoms with Crippen LogP contribution >= 0.6 is 0 Å². The average molecular weight is 238 g/mol. The summed E-state index contributed by atoms with van der Waals surface area (Å²) in [5.41, 5.74) is -0.430. The molecule has 0 aromatic carbocycles. The van der Waals surface area contributed by atoms with Crippen LogP contribution < -0.4 is 0 Å². The Kier molecular flexibility index (Phi) is 4.91. The third kappa shape index (κ3) is 2.76. The van der Waals surface area contributed by atoms with Crippen LogP contribution in [0.25, 0.3) is 0 Å². The van der Waals surface area contributed by atoms with E-state index in [0.29, 0.717) is 6.42 Å². The minimum Gasteiger partial charge on any atom is -0.468 e. The van der Waals surface area contributed by atoms with Gasteiger partial charge in [0.05, 0.1) is 7.11 Å². The highest BCUT2D eigenvalue weighted by Crippen LogP contribution is 2.39. The maximum Gasteiger partial charge on any atom is 0.316 e. The quantitative estimate of drug-likeness (QED) is 0.420. The van der Waals surface area contributed by atoms with Gasteiger partial charge in [0.1, 0.15) is 5.92 Å². The zero-order valence-electron chi connectivity index (χ0n) is 11.0. The van der Waals surface area contributed by atoms with Gasteiger partial charge in [-0.05, 0) is 19.3 Å². The second kappa shape index (κ2) is 5.99. The number of carbonyl (C=O) groups is 2. The van der Waals surface area contributed by atoms with E-state index in [9.17, 15) is 9.59 Å². The van der Waals surface area contributed by atoms with E-state index in [-0.39, 0.29) is 5.78 Å². The maximum absolute atomic E-state index is 12.5. The highest BCUT2D eigenvalue weighted by Gasteiger charge is 2.43. The monoisotopic (exact) mass is 238 g/mol. The molecule has 0 aliphatic heterocycles. The fourth-order valence-electron chi connectivity index (χ4n) is 2.74. The van der Waals surface area contributed by atoms with Gasteiger partial charge in [-0.15, -0.1) is 0 Å². The average Bonchev–Trinajstić information content (AvgIpc) is 2.32. The number of allylic oxidation sites excluding steroid dienone is 2. The third-order valence-corrected chi connectivity index (χ3v) is 3.49. The van der Waals surface area contributed by atoms with E-state index in [1.807, 2.05) is 12.2 Å². The van der Waals surface area contributed by atoms with E-state index in [4.69, 9.17) is 4.74 Å². The second-order valence-electron chi connectivity index (χ2n) is 4.73. The van der Waals surface area contributed by atoms with Gasteiger partial charge < -0.3 is 4.74 Å². The number of esters is 1. The molecule has 0 fully saturated rings. The van der Waals surface area contributed by atoms with Crippen molar-refractivity contribution in [3.05, 3.63) is 12.2 Å². The Hall–Kier alpha value is -1.12. The van der Waals surface area contributed by atoms with Crippen molar-refractivity contribution in [1.29, 1.82) is 0 Å². The molecular formula is C14H22O3. The molecule has 3 heteroatoms. The number of rotatable bonds is 5. The number of carbonyl (C=O) groups excluding carboxylic acids is 2. The fourth-order valence-corrected chi connectivity index (χ4v) is 2.74. The summed E-state index contributed by atoms with van der Waals surface area (Å²) in [5.74, 6) is -0.936. The van der Waals surface area contributed by atoms with Crippen LogP contribution in [0.3, 0.4) is 0 Å². The zero-order chi connectivity index (χ0) is 12.9. The molecule has 1 rings (SSSR count). The molecule has 0 spiro atoms. The van der Waals surface area contributed by atoms with Crippen molar-refractivity contribution in [3.63, 3.8) is 0 Å². The molecule has 0 amide bonds. The van der Waals surface area contributed by atoms with Gasteiger partial charge >= 0.3 is 5.97 Å². The molecule has 0 bridgehead atoms. The Morgan fingerprint density at radius 2 is 2.00 bits per heavy atom. The van der Waals surface area contributed by atoms with Gasteiger partial charge in [0.2, 0.25) is 0 Å². The molecular weight excluding hydrogens is 216 g/mol. The number of ether oxygens (including phenoxy) is 1. The van der Waals surface area contributed by atoms with E-state index in [2.05, 4.69) is 13.8 Å². The van der Waals surface area contributed by atoms with E-state index >= 15 is 0 Å². The van der Waals surface area contributed by atoms with Crippen LogP contribution in [0.15, 0.2) is 12.2 Å². The van der Waals surface area contributed by atoms with E-state index in [1.54, 1.807) is 0 Å². The summed E-state index contributed by atoms with van der Waals surface area (Å²) in [6.45, 7) is 4.14. The van der Waals surface area contributed by atoms with Crippen molar-refractivity contribution in [2.45, 2.75) is 46.0 Å². The maximum atomic E-state index is 12.5. The molecule has 0 radical (unpaired) electrons. The number of methoxy groups -OCH3 is 1. The molecule has 0 saturated heterocycles. The molecule has 0 N–H and O–H groups in total. The van der Waals surface area contributed by atoms with Crippen LogP contribution in [-0.4, -0.2) is 18.9 Å². The van der Waals surface area contributed by atoms with Gasteiger partial charge in [0, 0.05) is 5.41 Å². The lowest BCUT2D eigenvalue weighted by atomic mass is 9.68. The minimum atomic E-state index is -0.594. The molecule has 1 atom stereocenters. The summed E-state index contributed by atoms with van der Waals surface area (Å²) in [6.07, 6.45) is 8.01. The van der Waals surface area contributed by atoms with Crippen molar-refractivity contribution >= 4 is 11.8 Å². The molecule has 96 valence electrons. The molecule has 1 aliphatic carbocycles. The molecule has 0 aromatic heterocycles. The van der Waals surface area contributed by atoms with Crippen LogP contribution in [0.5, 0.6) is 0 Å². The summed E-state index contributed by atoms with van der Waals surface area (Å²) in [5, 5.41) is 0. The summed E-state index contributed by atoms with van der Waals surface area (Å²) in [4.78, 5) is 24.1. The summed E-state index contributed by atoms with van der Waals surface area (Å²) >= 11 is 0. The molecule has 1 unspecified atom stereocenters. The van der Waals surface area contributed by atoms with Gasteiger partial charge in [-0.3, -0.25) is 9.59 Å². The summed E-state index contributed by atoms with van der Waals surface area (Å²) in [6, 6.07) is 0. The lowest BCUT2D eigenvalue weighted by molar-refractivity contribution is -0.152. The first-order valence-electron chi connectivity index (χ1n) is 6.41. The smallest absolute Gasteiger partial charge is 0.316 e. The Morgan fingerprint density at radius 3 is 2.47 bits per heavy atom. The number of Topliss-reactive ketones (excluding diaryl/α,β-unsaturated/α-hetero) is 1. The van der Waals surface area contributed by atoms with Crippen molar-refractivity contribution < 1.29 is 14.3 Å². The van der Waals surface area contributed by atoms with Crippen LogP contribution in [-0.2, 0) is 14.3 Å². The molecule has 1 aliphatic rings. The molecule has 0 heterocycles. The lowest BCUT2D eigenvalue weighted by Gasteiger charge is -2.34. The minimum absolute atomic E-state index is 0.0514. The van der Waals surface area contributed by atoms with Crippen LogP contribution in [0.2, 0.25) is 0 Å². The standard InChI is InChI=1S/C14H22O3/c1-4-8-14(9-5-2)10-6-7-11(12(14)15)13(16)17-3/h6,10-11H,4-5,7-9H2,1-3H3. The first-order chi connectivity index (χ1) is 8.11. The largest absolute Gasteiger partial charge is 0.468 e. The van der Waals surface area contributed by atoms with E-state index < -0.39 is 17.3 Å². The lowest BCUT2D eigenvalue weighted by Crippen LogP contribution is -2.40. The highest BCUT2D eigenvalue weighted by atomic mass is 16.5. The Morgan fingerprint density at radius 1 is 1.41 bits per heavy atom. The number of ketones is 1. The molecule has 3 nitrogen and oxygen atoms in total. The van der Waals surface area contributed by atoms with Crippen molar-refractivity contribution in [1.82, 2.24) is 0 Å². The van der Waals surface area contributed by atoms with E-state index in [0.717, 1.165) is 25.7 Å². The second-order valence-corrected chi connectivity index (χ2v) is 4.73. The Balaban J connectivity index is 2.98. The third-order valence-electron chi connectivity index (χ3n) is 3.49. The normalized spacial score (nSPS) is 22.5. The van der Waals surface area contributed by atoms with Crippen molar-refractivity contribution in [3.8, 4) is 0 Å².